The van der Waals surface area contributed by atoms with Crippen LogP contribution in [0.3, 0.4) is 0 Å². The molecule has 1 aromatic carbocycles. The molecule has 2 aliphatic rings. The number of hydrogen-bond acceptors (Lipinski definition) is 10. The van der Waals surface area contributed by atoms with Crippen molar-refractivity contribution < 1.29 is 37.0 Å². The summed E-state index contributed by atoms with van der Waals surface area (Å²) in [5.41, 5.74) is 1.22. The second kappa shape index (κ2) is 12.4. The Kier molecular flexibility index (Phi) is 9.21. The number of nitrogens with zero attached hydrogens (tertiary/aromatic N) is 3. The Labute approximate surface area is 255 Å². The summed E-state index contributed by atoms with van der Waals surface area (Å²) in [5.74, 6) is -1.01. The van der Waals surface area contributed by atoms with E-state index < -0.39 is 43.7 Å². The summed E-state index contributed by atoms with van der Waals surface area (Å²) in [4.78, 5) is 8.65. The van der Waals surface area contributed by atoms with E-state index in [2.05, 4.69) is 21.9 Å². The van der Waals surface area contributed by atoms with Crippen LogP contribution in [0.2, 0.25) is 5.28 Å². The van der Waals surface area contributed by atoms with Gasteiger partial charge in [0.2, 0.25) is 5.28 Å². The Morgan fingerprint density at radius 1 is 1.21 bits per heavy atom. The van der Waals surface area contributed by atoms with Gasteiger partial charge in [-0.3, -0.25) is 4.52 Å². The van der Waals surface area contributed by atoms with Crippen molar-refractivity contribution in [3.63, 3.8) is 0 Å². The van der Waals surface area contributed by atoms with E-state index in [9.17, 15) is 4.57 Å². The van der Waals surface area contributed by atoms with Crippen molar-refractivity contribution in [3.05, 3.63) is 65.5 Å². The van der Waals surface area contributed by atoms with E-state index in [1.807, 2.05) is 37.3 Å². The van der Waals surface area contributed by atoms with Crippen molar-refractivity contribution in [3.8, 4) is 0 Å². The van der Waals surface area contributed by atoms with Crippen LogP contribution < -0.4 is 5.32 Å². The van der Waals surface area contributed by atoms with Crippen LogP contribution in [0.4, 0.5) is 10.2 Å². The first-order valence-corrected chi connectivity index (χ1v) is 16.1. The molecule has 0 amide bonds. The molecule has 234 valence electrons. The summed E-state index contributed by atoms with van der Waals surface area (Å²) in [6.07, 6.45) is -2.13. The predicted octanol–water partition coefficient (Wildman–Crippen LogP) is 6.96. The lowest BCUT2D eigenvalue weighted by molar-refractivity contribution is -0.201. The van der Waals surface area contributed by atoms with E-state index in [0.29, 0.717) is 0 Å². The average Bonchev–Trinajstić information content (AvgIpc) is 3.51. The minimum atomic E-state index is -3.63. The molecule has 6 atom stereocenters. The zero-order valence-corrected chi connectivity index (χ0v) is 26.6. The van der Waals surface area contributed by atoms with Crippen LogP contribution in [0.1, 0.15) is 59.4 Å². The molecule has 2 unspecified atom stereocenters. The van der Waals surface area contributed by atoms with Gasteiger partial charge in [-0.2, -0.15) is 9.97 Å². The van der Waals surface area contributed by atoms with Crippen molar-refractivity contribution in [2.75, 3.05) is 18.3 Å². The van der Waals surface area contributed by atoms with Gasteiger partial charge in [-0.1, -0.05) is 36.9 Å². The number of rotatable bonds is 12. The zero-order chi connectivity index (χ0) is 31.1. The van der Waals surface area contributed by atoms with Gasteiger partial charge < -0.3 is 33.4 Å². The van der Waals surface area contributed by atoms with Gasteiger partial charge in [0.1, 0.15) is 24.1 Å². The minimum Gasteiger partial charge on any atom is -0.428 e. The first kappa shape index (κ1) is 31.8. The van der Waals surface area contributed by atoms with Crippen molar-refractivity contribution in [2.45, 2.75) is 84.0 Å². The fourth-order valence-corrected chi connectivity index (χ4v) is 7.11. The third kappa shape index (κ3) is 7.06. The monoisotopic (exact) mass is 638 g/mol. The largest absolute Gasteiger partial charge is 0.428 e. The number of halogens is 2. The SMILES string of the molecule is C=C(C)OP(=O)(COCC1O[C@@H](n2cc(F)c3c(N[C@@H](C)c4ccccc4)nc(Cl)nc32)[C@@H]2OC(C)(C)O[C@H]12)OC(C)C. The van der Waals surface area contributed by atoms with Gasteiger partial charge in [0.15, 0.2) is 29.8 Å². The molecule has 2 fully saturated rings. The fraction of sp³-hybridized carbons (Fsp3) is 0.517. The van der Waals surface area contributed by atoms with E-state index in [4.69, 9.17) is 39.6 Å². The fourth-order valence-electron chi connectivity index (χ4n) is 5.34. The molecule has 5 rings (SSSR count). The summed E-state index contributed by atoms with van der Waals surface area (Å²) < 4.78 is 65.8. The number of benzene rings is 1. The van der Waals surface area contributed by atoms with Gasteiger partial charge in [0.25, 0.3) is 0 Å². The number of allylic oxidation sites excluding steroid dienone is 1. The number of fused-ring (bicyclic) bond motifs is 2. The lowest BCUT2D eigenvalue weighted by Gasteiger charge is -2.25. The Hall–Kier alpha value is -2.57. The molecule has 0 saturated carbocycles. The second-order valence-corrected chi connectivity index (χ2v) is 13.6. The highest BCUT2D eigenvalue weighted by atomic mass is 35.5. The molecule has 0 aliphatic carbocycles. The quantitative estimate of drug-likeness (QED) is 0.127. The van der Waals surface area contributed by atoms with Gasteiger partial charge in [-0.05, 0) is 58.7 Å². The molecule has 0 spiro atoms. The summed E-state index contributed by atoms with van der Waals surface area (Å²) in [6.45, 7) is 14.2. The smallest absolute Gasteiger partial charge is 0.404 e. The lowest BCUT2D eigenvalue weighted by Crippen LogP contribution is -2.33. The first-order valence-electron chi connectivity index (χ1n) is 14.0. The second-order valence-electron chi connectivity index (χ2n) is 11.4. The molecule has 0 bridgehead atoms. The minimum absolute atomic E-state index is 0.0269. The van der Waals surface area contributed by atoms with E-state index in [-0.39, 0.29) is 53.0 Å². The van der Waals surface area contributed by atoms with Crippen LogP contribution >= 0.6 is 19.2 Å². The Bertz CT molecular complexity index is 1520. The molecule has 11 nitrogen and oxygen atoms in total. The van der Waals surface area contributed by atoms with E-state index in [1.54, 1.807) is 34.6 Å². The normalized spacial score (nSPS) is 25.0. The molecule has 3 aromatic rings. The van der Waals surface area contributed by atoms with E-state index >= 15 is 4.39 Å². The van der Waals surface area contributed by atoms with Gasteiger partial charge in [-0.15, -0.1) is 0 Å². The van der Waals surface area contributed by atoms with Crippen LogP contribution in [0, 0.1) is 5.82 Å². The lowest BCUT2D eigenvalue weighted by atomic mass is 10.1. The molecule has 14 heteroatoms. The molecule has 4 heterocycles. The molecule has 43 heavy (non-hydrogen) atoms. The zero-order valence-electron chi connectivity index (χ0n) is 25.0. The summed E-state index contributed by atoms with van der Waals surface area (Å²) in [5, 5.41) is 3.36. The van der Waals surface area contributed by atoms with E-state index in [1.165, 1.54) is 10.8 Å². The number of anilines is 1. The van der Waals surface area contributed by atoms with Gasteiger partial charge in [-0.25, -0.2) is 8.96 Å². The maximum atomic E-state index is 15.6. The average molecular weight is 639 g/mol. The van der Waals surface area contributed by atoms with Crippen molar-refractivity contribution in [2.24, 2.45) is 0 Å². The Balaban J connectivity index is 1.41. The number of aromatic nitrogens is 3. The van der Waals surface area contributed by atoms with Crippen LogP contribution in [0.15, 0.2) is 48.9 Å². The van der Waals surface area contributed by atoms with Gasteiger partial charge >= 0.3 is 7.60 Å². The van der Waals surface area contributed by atoms with Gasteiger partial charge in [0.05, 0.1) is 23.9 Å². The molecule has 2 saturated heterocycles. The van der Waals surface area contributed by atoms with Crippen molar-refractivity contribution in [1.29, 1.82) is 0 Å². The van der Waals surface area contributed by atoms with Crippen molar-refractivity contribution >= 4 is 36.0 Å². The molecule has 1 N–H and O–H groups in total. The third-order valence-corrected chi connectivity index (χ3v) is 8.85. The van der Waals surface area contributed by atoms with Gasteiger partial charge in [0, 0.05) is 12.2 Å². The molecule has 2 aromatic heterocycles. The maximum absolute atomic E-state index is 15.6. The third-order valence-electron chi connectivity index (χ3n) is 6.85. The highest BCUT2D eigenvalue weighted by molar-refractivity contribution is 7.53. The molecule has 0 radical (unpaired) electrons. The van der Waals surface area contributed by atoms with Crippen molar-refractivity contribution in [1.82, 2.24) is 14.5 Å². The van der Waals surface area contributed by atoms with Crippen LogP contribution in [-0.4, -0.2) is 57.7 Å². The molecular formula is C29H37ClFN4O7P. The Morgan fingerprint density at radius 2 is 1.91 bits per heavy atom. The summed E-state index contributed by atoms with van der Waals surface area (Å²) in [6, 6.07) is 9.51. The summed E-state index contributed by atoms with van der Waals surface area (Å²) >= 11 is 6.34. The first-order chi connectivity index (χ1) is 20.2. The highest BCUT2D eigenvalue weighted by Crippen LogP contribution is 2.51. The van der Waals surface area contributed by atoms with Crippen LogP contribution in [0.25, 0.3) is 11.0 Å². The highest BCUT2D eigenvalue weighted by Gasteiger charge is 2.56. The number of nitrogens with one attached hydrogen (secondary N) is 1. The maximum Gasteiger partial charge on any atom is 0.404 e. The number of hydrogen-bond donors (Lipinski definition) is 1. The predicted molar refractivity (Wildman–Crippen MR) is 159 cm³/mol. The summed E-state index contributed by atoms with van der Waals surface area (Å²) in [7, 11) is -3.63. The number of ether oxygens (including phenoxy) is 4. The topological polar surface area (TPSA) is 115 Å². The van der Waals surface area contributed by atoms with Crippen LogP contribution in [0.5, 0.6) is 0 Å². The molecule has 2 aliphatic heterocycles. The Morgan fingerprint density at radius 3 is 2.58 bits per heavy atom. The van der Waals surface area contributed by atoms with E-state index in [0.717, 1.165) is 5.56 Å². The van der Waals surface area contributed by atoms with Crippen LogP contribution in [-0.2, 0) is 32.6 Å². The standard InChI is InChI=1S/C29H37ClFN4O7P/c1-16(2)41-43(36,42-17(3)4)15-37-14-21-23-24(40-29(6,7)39-23)27(38-21)35-13-20(31)22-25(33-28(30)34-26(22)35)32-18(5)19-11-9-8-10-12-19/h8-13,17-18,21,23-24,27H,1,14-15H2,2-7H3,(H,32,33,34)/t18-,21?,23+,24+,27+,43?/m0/s1. The molecular weight excluding hydrogens is 602 g/mol.